The number of aromatic amines is 1. The van der Waals surface area contributed by atoms with Crippen molar-refractivity contribution < 1.29 is 34.1 Å². The molecule has 258 valence electrons. The number of nitrogens with zero attached hydrogens (tertiary/aromatic N) is 5. The number of nitrogens with one attached hydrogen (secondary N) is 2. The molecule has 2 aliphatic rings. The van der Waals surface area contributed by atoms with E-state index in [0.717, 1.165) is 25.9 Å². The number of aliphatic hydroxyl groups is 1. The number of imide groups is 1. The van der Waals surface area contributed by atoms with Gasteiger partial charge in [-0.05, 0) is 83.2 Å². The summed E-state index contributed by atoms with van der Waals surface area (Å²) in [6.07, 6.45) is 1.91. The Hall–Kier alpha value is -5.21. The van der Waals surface area contributed by atoms with Crippen molar-refractivity contribution in [2.24, 2.45) is 0 Å². The fourth-order valence-corrected chi connectivity index (χ4v) is 6.38. The number of ether oxygens (including phenoxy) is 2. The molecule has 1 fully saturated rings. The number of anilines is 1. The Bertz CT molecular complexity index is 1830. The van der Waals surface area contributed by atoms with Gasteiger partial charge >= 0.3 is 0 Å². The first-order valence-electron chi connectivity index (χ1n) is 16.4. The third-order valence-corrected chi connectivity index (χ3v) is 9.16. The number of carbonyl (C=O) groups excluding carboxylic acids is 3. The van der Waals surface area contributed by atoms with Crippen LogP contribution >= 0.6 is 0 Å². The summed E-state index contributed by atoms with van der Waals surface area (Å²) in [5, 5.41) is 24.7. The van der Waals surface area contributed by atoms with Crippen LogP contribution in [0.2, 0.25) is 0 Å². The fourth-order valence-electron chi connectivity index (χ4n) is 6.38. The topological polar surface area (TPSA) is 173 Å². The highest BCUT2D eigenvalue weighted by Gasteiger charge is 2.41. The quantitative estimate of drug-likeness (QED) is 0.163. The predicted molar refractivity (Wildman–Crippen MR) is 182 cm³/mol. The van der Waals surface area contributed by atoms with E-state index < -0.39 is 6.10 Å². The Morgan fingerprint density at radius 2 is 1.80 bits per heavy atom. The van der Waals surface area contributed by atoms with E-state index in [2.05, 4.69) is 25.2 Å². The van der Waals surface area contributed by atoms with Crippen molar-refractivity contribution in [1.29, 1.82) is 0 Å². The van der Waals surface area contributed by atoms with E-state index >= 15 is 0 Å². The van der Waals surface area contributed by atoms with Gasteiger partial charge in [-0.1, -0.05) is 0 Å². The maximum Gasteiger partial charge on any atom is 0.261 e. The number of benzene rings is 2. The number of hydrogen-bond donors (Lipinski definition) is 4. The van der Waals surface area contributed by atoms with Gasteiger partial charge in [0.1, 0.15) is 24.1 Å². The second-order valence-electron chi connectivity index (χ2n) is 12.3. The number of H-pyrrole nitrogens is 1. The van der Waals surface area contributed by atoms with Gasteiger partial charge in [0.05, 0.1) is 35.0 Å². The number of pyridine rings is 1. The average Bonchev–Trinajstić information content (AvgIpc) is 3.62. The van der Waals surface area contributed by atoms with Gasteiger partial charge in [-0.25, -0.2) is 9.97 Å². The summed E-state index contributed by atoms with van der Waals surface area (Å²) in [6, 6.07) is 9.67. The molecule has 2 aliphatic heterocycles. The Labute approximate surface area is 283 Å². The maximum atomic E-state index is 13.4. The summed E-state index contributed by atoms with van der Waals surface area (Å²) in [4.78, 5) is 56.6. The van der Waals surface area contributed by atoms with Gasteiger partial charge in [-0.15, -0.1) is 0 Å². The zero-order chi connectivity index (χ0) is 34.8. The molecule has 2 aromatic heterocycles. The van der Waals surface area contributed by atoms with Crippen LogP contribution in [0.15, 0.2) is 42.6 Å². The molecule has 0 unspecified atom stereocenters. The minimum atomic E-state index is -0.979. The second-order valence-corrected chi connectivity index (χ2v) is 12.3. The molecule has 1 saturated heterocycles. The van der Waals surface area contributed by atoms with Crippen LogP contribution in [-0.4, -0.2) is 123 Å². The molecule has 14 nitrogen and oxygen atoms in total. The number of aliphatic hydroxyl groups excluding tert-OH is 1. The van der Waals surface area contributed by atoms with Crippen molar-refractivity contribution in [3.63, 3.8) is 0 Å². The van der Waals surface area contributed by atoms with E-state index in [0.29, 0.717) is 58.0 Å². The summed E-state index contributed by atoms with van der Waals surface area (Å²) in [7, 11) is 3.51. The Kier molecular flexibility index (Phi) is 9.69. The lowest BCUT2D eigenvalue weighted by atomic mass is 10.0. The molecular weight excluding hydrogens is 630 g/mol. The summed E-state index contributed by atoms with van der Waals surface area (Å²) < 4.78 is 11.3. The highest BCUT2D eigenvalue weighted by molar-refractivity contribution is 6.23. The highest BCUT2D eigenvalue weighted by Crippen LogP contribution is 2.36. The van der Waals surface area contributed by atoms with E-state index in [1.165, 1.54) is 18.2 Å². The molecule has 0 aliphatic carbocycles. The number of piperidine rings is 1. The summed E-state index contributed by atoms with van der Waals surface area (Å²) in [5.41, 5.74) is 2.80. The van der Waals surface area contributed by atoms with Crippen LogP contribution in [0.5, 0.6) is 17.4 Å². The van der Waals surface area contributed by atoms with Crippen LogP contribution in [0.1, 0.15) is 57.8 Å². The summed E-state index contributed by atoms with van der Waals surface area (Å²) in [5.74, 6) is -0.0160. The van der Waals surface area contributed by atoms with E-state index in [9.17, 15) is 24.6 Å². The van der Waals surface area contributed by atoms with Crippen molar-refractivity contribution >= 4 is 34.4 Å². The van der Waals surface area contributed by atoms with Gasteiger partial charge in [0.15, 0.2) is 11.5 Å². The number of aromatic nitrogens is 3. The zero-order valence-corrected chi connectivity index (χ0v) is 28.0. The van der Waals surface area contributed by atoms with Crippen molar-refractivity contribution in [2.45, 2.75) is 38.8 Å². The normalized spacial score (nSPS) is 15.8. The number of rotatable bonds is 12. The van der Waals surface area contributed by atoms with Crippen LogP contribution in [0.25, 0.3) is 22.4 Å². The minimum Gasteiger partial charge on any atom is -0.493 e. The largest absolute Gasteiger partial charge is 0.493 e. The van der Waals surface area contributed by atoms with Gasteiger partial charge in [0.25, 0.3) is 17.7 Å². The van der Waals surface area contributed by atoms with E-state index in [1.54, 1.807) is 41.3 Å². The summed E-state index contributed by atoms with van der Waals surface area (Å²) in [6.45, 7) is 6.60. The number of amides is 3. The van der Waals surface area contributed by atoms with Gasteiger partial charge in [0.2, 0.25) is 5.88 Å². The molecule has 49 heavy (non-hydrogen) atoms. The number of likely N-dealkylation sites (tertiary alicyclic amines) is 1. The molecule has 4 heterocycles. The molecule has 6 rings (SSSR count). The number of aromatic hydroxyl groups is 1. The fraction of sp³-hybridized carbons (Fsp3) is 0.400. The molecule has 1 atom stereocenters. The monoisotopic (exact) mass is 671 g/mol. The lowest BCUT2D eigenvalue weighted by Gasteiger charge is -2.33. The SMILES string of the molecule is CCN(CC)C(=O)c1ccc(OC[C@H](O)CNc2ccnc(O)c2-c2nc3cc4c(cc3[nH]2)C(=O)N(C2CCN(C)CC2)C4=O)c(OC)c1. The first-order valence-corrected chi connectivity index (χ1v) is 16.4. The molecule has 0 radical (unpaired) electrons. The van der Waals surface area contributed by atoms with Crippen LogP contribution in [-0.2, 0) is 0 Å². The van der Waals surface area contributed by atoms with Crippen LogP contribution in [0, 0.1) is 0 Å². The lowest BCUT2D eigenvalue weighted by Crippen LogP contribution is -2.46. The number of fused-ring (bicyclic) bond motifs is 2. The number of imidazole rings is 1. The minimum absolute atomic E-state index is 0.0433. The van der Waals surface area contributed by atoms with Crippen LogP contribution in [0.4, 0.5) is 5.69 Å². The van der Waals surface area contributed by atoms with Gasteiger partial charge in [-0.3, -0.25) is 19.3 Å². The first kappa shape index (κ1) is 33.7. The third-order valence-electron chi connectivity index (χ3n) is 9.16. The van der Waals surface area contributed by atoms with Gasteiger partial charge in [-0.2, -0.15) is 0 Å². The first-order chi connectivity index (χ1) is 23.6. The molecule has 14 heteroatoms. The maximum absolute atomic E-state index is 13.4. The van der Waals surface area contributed by atoms with E-state index in [4.69, 9.17) is 9.47 Å². The Morgan fingerprint density at radius 1 is 1.08 bits per heavy atom. The predicted octanol–water partition coefficient (Wildman–Crippen LogP) is 3.36. The van der Waals surface area contributed by atoms with Crippen LogP contribution < -0.4 is 14.8 Å². The molecule has 0 spiro atoms. The molecule has 4 aromatic rings. The summed E-state index contributed by atoms with van der Waals surface area (Å²) >= 11 is 0. The Morgan fingerprint density at radius 3 is 2.49 bits per heavy atom. The van der Waals surface area contributed by atoms with Crippen molar-refractivity contribution in [3.05, 3.63) is 59.3 Å². The number of carbonyl (C=O) groups is 3. The molecule has 4 N–H and O–H groups in total. The Balaban J connectivity index is 1.14. The molecular formula is C35H41N7O7. The number of methoxy groups -OCH3 is 1. The molecule has 3 amide bonds. The third kappa shape index (κ3) is 6.61. The van der Waals surface area contributed by atoms with Crippen molar-refractivity contribution in [1.82, 2.24) is 29.7 Å². The van der Waals surface area contributed by atoms with Crippen molar-refractivity contribution in [3.8, 4) is 28.8 Å². The van der Waals surface area contributed by atoms with Gasteiger partial charge in [0, 0.05) is 37.4 Å². The molecule has 0 bridgehead atoms. The second kappa shape index (κ2) is 14.1. The van der Waals surface area contributed by atoms with Crippen molar-refractivity contribution in [2.75, 3.05) is 58.8 Å². The van der Waals surface area contributed by atoms with Gasteiger partial charge < -0.3 is 39.8 Å². The van der Waals surface area contributed by atoms with E-state index in [1.807, 2.05) is 20.9 Å². The average molecular weight is 672 g/mol. The number of hydrogen-bond acceptors (Lipinski definition) is 11. The van der Waals surface area contributed by atoms with Crippen LogP contribution in [0.3, 0.4) is 0 Å². The molecule has 0 saturated carbocycles. The molecule has 2 aromatic carbocycles. The highest BCUT2D eigenvalue weighted by atomic mass is 16.5. The van der Waals surface area contributed by atoms with E-state index in [-0.39, 0.29) is 54.2 Å². The lowest BCUT2D eigenvalue weighted by molar-refractivity contribution is 0.0516. The smallest absolute Gasteiger partial charge is 0.261 e. The standard InChI is InChI=1S/C35H41N7O7/c1-5-41(6-2)33(45)20-7-8-28(29(15-20)48-4)49-19-22(43)18-37-25-9-12-36-32(44)30(25)31-38-26-16-23-24(17-27(26)39-31)35(47)42(34(23)46)21-10-13-40(3)14-11-21/h7-9,12,15-17,21-22,43H,5-6,10-11,13-14,18-19H2,1-4H3,(H,38,39)(H2,36,37,44)/t22-/m1/s1. The zero-order valence-electron chi connectivity index (χ0n) is 28.0.